The highest BCUT2D eigenvalue weighted by Gasteiger charge is 2.03. The third-order valence-electron chi connectivity index (χ3n) is 1.45. The van der Waals surface area contributed by atoms with Gasteiger partial charge < -0.3 is 4.57 Å². The first kappa shape index (κ1) is 11.7. The number of aromatic nitrogens is 2. The molecule has 0 aliphatic heterocycles. The first-order valence-corrected chi connectivity index (χ1v) is 4.61. The molecule has 0 fully saturated rings. The maximum Gasteiger partial charge on any atom is 0.142 e. The molecule has 0 aliphatic carbocycles. The van der Waals surface area contributed by atoms with E-state index in [9.17, 15) is 0 Å². The van der Waals surface area contributed by atoms with Crippen molar-refractivity contribution in [3.8, 4) is 6.07 Å². The summed E-state index contributed by atoms with van der Waals surface area (Å²) in [6.07, 6.45) is 3.74. The van der Waals surface area contributed by atoms with Crippen LogP contribution in [0.3, 0.4) is 0 Å². The maximum atomic E-state index is 8.61. The SMILES string of the molecule is CCC.CCc1ncn(C)c1C#N. The molecular formula is C10H17N3. The normalized spacial score (nSPS) is 8.54. The van der Waals surface area contributed by atoms with Gasteiger partial charge in [0.1, 0.15) is 11.8 Å². The molecule has 1 aromatic heterocycles. The second-order valence-electron chi connectivity index (χ2n) is 2.82. The Morgan fingerprint density at radius 2 is 2.00 bits per heavy atom. The van der Waals surface area contributed by atoms with Crippen molar-refractivity contribution in [2.45, 2.75) is 33.6 Å². The molecule has 1 heterocycles. The van der Waals surface area contributed by atoms with Crippen LogP contribution in [0.5, 0.6) is 0 Å². The summed E-state index contributed by atoms with van der Waals surface area (Å²) in [7, 11) is 1.82. The molecule has 0 aromatic carbocycles. The van der Waals surface area contributed by atoms with Crippen LogP contribution in [0.25, 0.3) is 0 Å². The summed E-state index contributed by atoms with van der Waals surface area (Å²) in [6, 6.07) is 2.10. The van der Waals surface area contributed by atoms with Gasteiger partial charge in [0.25, 0.3) is 0 Å². The summed E-state index contributed by atoms with van der Waals surface area (Å²) >= 11 is 0. The van der Waals surface area contributed by atoms with E-state index in [2.05, 4.69) is 24.9 Å². The number of rotatable bonds is 1. The summed E-state index contributed by atoms with van der Waals surface area (Å²) in [4.78, 5) is 4.05. The fourth-order valence-electron chi connectivity index (χ4n) is 0.881. The Labute approximate surface area is 80.0 Å². The van der Waals surface area contributed by atoms with Crippen LogP contribution in [0.15, 0.2) is 6.33 Å². The van der Waals surface area contributed by atoms with Crippen molar-refractivity contribution in [2.75, 3.05) is 0 Å². The average molecular weight is 179 g/mol. The van der Waals surface area contributed by atoms with Crippen LogP contribution in [0, 0.1) is 11.3 Å². The Morgan fingerprint density at radius 1 is 1.46 bits per heavy atom. The number of aryl methyl sites for hydroxylation is 2. The Bertz CT molecular complexity index is 281. The third kappa shape index (κ3) is 3.29. The number of hydrogen-bond donors (Lipinski definition) is 0. The van der Waals surface area contributed by atoms with E-state index in [0.29, 0.717) is 5.69 Å². The van der Waals surface area contributed by atoms with Gasteiger partial charge >= 0.3 is 0 Å². The minimum atomic E-state index is 0.669. The molecule has 0 amide bonds. The topological polar surface area (TPSA) is 41.6 Å². The van der Waals surface area contributed by atoms with Crippen LogP contribution < -0.4 is 0 Å². The second kappa shape index (κ2) is 6.24. The molecule has 0 aliphatic rings. The molecule has 0 saturated heterocycles. The largest absolute Gasteiger partial charge is 0.325 e. The quantitative estimate of drug-likeness (QED) is 0.663. The zero-order valence-corrected chi connectivity index (χ0v) is 8.83. The first-order valence-electron chi connectivity index (χ1n) is 4.61. The fraction of sp³-hybridized carbons (Fsp3) is 0.600. The van der Waals surface area contributed by atoms with E-state index in [1.165, 1.54) is 6.42 Å². The van der Waals surface area contributed by atoms with Gasteiger partial charge in [-0.05, 0) is 6.42 Å². The van der Waals surface area contributed by atoms with Gasteiger partial charge in [0.05, 0.1) is 12.0 Å². The molecule has 0 N–H and O–H groups in total. The standard InChI is InChI=1S/C7H9N3.C3H8/c1-3-6-7(4-8)10(2)5-9-6;1-3-2/h5H,3H2,1-2H3;3H2,1-2H3. The predicted octanol–water partition coefficient (Wildman–Crippen LogP) is 2.27. The minimum absolute atomic E-state index is 0.669. The van der Waals surface area contributed by atoms with Crippen molar-refractivity contribution in [1.29, 1.82) is 5.26 Å². The Balaban J connectivity index is 0.000000424. The van der Waals surface area contributed by atoms with Crippen molar-refractivity contribution in [2.24, 2.45) is 7.05 Å². The number of nitriles is 1. The summed E-state index contributed by atoms with van der Waals surface area (Å²) in [5.74, 6) is 0. The smallest absolute Gasteiger partial charge is 0.142 e. The summed E-state index contributed by atoms with van der Waals surface area (Å²) in [5, 5.41) is 8.61. The van der Waals surface area contributed by atoms with E-state index < -0.39 is 0 Å². The highest BCUT2D eigenvalue weighted by atomic mass is 15.0. The molecule has 0 atom stereocenters. The van der Waals surface area contributed by atoms with E-state index >= 15 is 0 Å². The van der Waals surface area contributed by atoms with Gasteiger partial charge in [0.15, 0.2) is 0 Å². The van der Waals surface area contributed by atoms with Crippen LogP contribution in [0.2, 0.25) is 0 Å². The minimum Gasteiger partial charge on any atom is -0.325 e. The summed E-state index contributed by atoms with van der Waals surface area (Å²) in [6.45, 7) is 6.24. The Hall–Kier alpha value is -1.30. The Morgan fingerprint density at radius 3 is 2.31 bits per heavy atom. The van der Waals surface area contributed by atoms with Crippen LogP contribution in [0.4, 0.5) is 0 Å². The van der Waals surface area contributed by atoms with E-state index in [1.54, 1.807) is 10.9 Å². The number of hydrogen-bond acceptors (Lipinski definition) is 2. The lowest BCUT2D eigenvalue weighted by atomic mass is 10.3. The Kier molecular flexibility index (Phi) is 5.62. The van der Waals surface area contributed by atoms with Crippen molar-refractivity contribution < 1.29 is 0 Å². The first-order chi connectivity index (χ1) is 6.21. The molecule has 3 nitrogen and oxygen atoms in total. The lowest BCUT2D eigenvalue weighted by Gasteiger charge is -1.90. The van der Waals surface area contributed by atoms with Gasteiger partial charge in [-0.15, -0.1) is 0 Å². The molecule has 0 bridgehead atoms. The van der Waals surface area contributed by atoms with Crippen LogP contribution in [-0.2, 0) is 13.5 Å². The predicted molar refractivity (Wildman–Crippen MR) is 53.3 cm³/mol. The van der Waals surface area contributed by atoms with Gasteiger partial charge in [-0.1, -0.05) is 27.2 Å². The molecule has 1 rings (SSSR count). The third-order valence-corrected chi connectivity index (χ3v) is 1.45. The number of nitrogens with zero attached hydrogens (tertiary/aromatic N) is 3. The monoisotopic (exact) mass is 179 g/mol. The van der Waals surface area contributed by atoms with Gasteiger partial charge in [-0.3, -0.25) is 0 Å². The summed E-state index contributed by atoms with van der Waals surface area (Å²) in [5.41, 5.74) is 1.55. The van der Waals surface area contributed by atoms with Gasteiger partial charge in [-0.2, -0.15) is 5.26 Å². The lowest BCUT2D eigenvalue weighted by molar-refractivity contribution is 0.893. The van der Waals surface area contributed by atoms with E-state index in [1.807, 2.05) is 14.0 Å². The molecule has 1 aromatic rings. The highest BCUT2D eigenvalue weighted by molar-refractivity contribution is 5.26. The zero-order valence-electron chi connectivity index (χ0n) is 8.83. The van der Waals surface area contributed by atoms with Crippen molar-refractivity contribution in [3.63, 3.8) is 0 Å². The van der Waals surface area contributed by atoms with Crippen LogP contribution >= 0.6 is 0 Å². The molecule has 0 radical (unpaired) electrons. The number of imidazole rings is 1. The van der Waals surface area contributed by atoms with Crippen molar-refractivity contribution in [1.82, 2.24) is 9.55 Å². The van der Waals surface area contributed by atoms with Gasteiger partial charge in [0, 0.05) is 7.05 Å². The molecule has 72 valence electrons. The van der Waals surface area contributed by atoms with Crippen LogP contribution in [0.1, 0.15) is 38.6 Å². The second-order valence-corrected chi connectivity index (χ2v) is 2.82. The highest BCUT2D eigenvalue weighted by Crippen LogP contribution is 2.03. The molecule has 3 heteroatoms. The molecule has 0 unspecified atom stereocenters. The lowest BCUT2D eigenvalue weighted by Crippen LogP contribution is -1.91. The van der Waals surface area contributed by atoms with E-state index in [-0.39, 0.29) is 0 Å². The van der Waals surface area contributed by atoms with E-state index in [4.69, 9.17) is 5.26 Å². The average Bonchev–Trinajstić information content (AvgIpc) is 2.47. The molecule has 0 spiro atoms. The van der Waals surface area contributed by atoms with Gasteiger partial charge in [-0.25, -0.2) is 4.98 Å². The molecule has 13 heavy (non-hydrogen) atoms. The van der Waals surface area contributed by atoms with Crippen molar-refractivity contribution >= 4 is 0 Å². The summed E-state index contributed by atoms with van der Waals surface area (Å²) < 4.78 is 1.73. The maximum absolute atomic E-state index is 8.61. The zero-order chi connectivity index (χ0) is 10.3. The van der Waals surface area contributed by atoms with E-state index in [0.717, 1.165) is 12.1 Å². The molecule has 0 saturated carbocycles. The van der Waals surface area contributed by atoms with Gasteiger partial charge in [0.2, 0.25) is 0 Å². The fourth-order valence-corrected chi connectivity index (χ4v) is 0.881. The molecular weight excluding hydrogens is 162 g/mol. The van der Waals surface area contributed by atoms with Crippen molar-refractivity contribution in [3.05, 3.63) is 17.7 Å². The van der Waals surface area contributed by atoms with Crippen LogP contribution in [-0.4, -0.2) is 9.55 Å².